The van der Waals surface area contributed by atoms with Crippen molar-refractivity contribution in [2.24, 2.45) is 0 Å². The van der Waals surface area contributed by atoms with Gasteiger partial charge in [-0.05, 0) is 13.8 Å². The molecule has 0 aliphatic heterocycles. The first-order chi connectivity index (χ1) is 9.28. The van der Waals surface area contributed by atoms with Crippen LogP contribution in [-0.4, -0.2) is 17.6 Å². The van der Waals surface area contributed by atoms with Crippen LogP contribution in [0.1, 0.15) is 25.0 Å². The number of rotatable bonds is 6. The summed E-state index contributed by atoms with van der Waals surface area (Å²) in [6.07, 6.45) is 0. The molecule has 0 saturated carbocycles. The smallest absolute Gasteiger partial charge is 0.105 e. The van der Waals surface area contributed by atoms with Gasteiger partial charge in [0.1, 0.15) is 13.1 Å². The summed E-state index contributed by atoms with van der Waals surface area (Å²) in [6.45, 7) is 9.16. The van der Waals surface area contributed by atoms with Crippen LogP contribution in [0.5, 0.6) is 0 Å². The maximum Gasteiger partial charge on any atom is 0.105 e. The Balaban J connectivity index is 0.00000200. The lowest BCUT2D eigenvalue weighted by Crippen LogP contribution is -3.00. The van der Waals surface area contributed by atoms with Crippen LogP contribution in [0, 0.1) is 0 Å². The predicted octanol–water partition coefficient (Wildman–Crippen LogP) is 1.25. The number of nitrogens with zero attached hydrogens (tertiary/aromatic N) is 1. The molecule has 2 aromatic rings. The van der Waals surface area contributed by atoms with Gasteiger partial charge in [-0.25, -0.2) is 0 Å². The third-order valence-electron chi connectivity index (χ3n) is 4.06. The fraction of sp³-hybridized carbons (Fsp3) is 0.333. The average molecular weight is 334 g/mol. The maximum absolute atomic E-state index is 2.30. The molecule has 2 heteroatoms. The van der Waals surface area contributed by atoms with Gasteiger partial charge in [0.05, 0.1) is 13.1 Å². The number of halogens is 1. The highest BCUT2D eigenvalue weighted by Crippen LogP contribution is 2.19. The van der Waals surface area contributed by atoms with Crippen LogP contribution in [0.4, 0.5) is 0 Å². The van der Waals surface area contributed by atoms with E-state index in [1.165, 1.54) is 24.2 Å². The van der Waals surface area contributed by atoms with E-state index in [0.717, 1.165) is 17.6 Å². The van der Waals surface area contributed by atoms with Gasteiger partial charge in [0, 0.05) is 11.1 Å². The van der Waals surface area contributed by atoms with Crippen molar-refractivity contribution in [3.05, 3.63) is 71.8 Å². The van der Waals surface area contributed by atoms with Gasteiger partial charge in [0.25, 0.3) is 0 Å². The van der Waals surface area contributed by atoms with Crippen molar-refractivity contribution in [3.63, 3.8) is 0 Å². The molecule has 0 unspecified atom stereocenters. The van der Waals surface area contributed by atoms with E-state index >= 15 is 0 Å². The van der Waals surface area contributed by atoms with Crippen molar-refractivity contribution < 1.29 is 21.5 Å². The van der Waals surface area contributed by atoms with Crippen molar-refractivity contribution in [1.29, 1.82) is 0 Å². The molecule has 0 saturated heterocycles. The van der Waals surface area contributed by atoms with Gasteiger partial charge in [0.2, 0.25) is 0 Å². The summed E-state index contributed by atoms with van der Waals surface area (Å²) >= 11 is 0. The first-order valence-corrected chi connectivity index (χ1v) is 7.21. The minimum absolute atomic E-state index is 0. The third kappa shape index (κ3) is 4.46. The Hall–Kier alpha value is -1.12. The molecule has 0 atom stereocenters. The predicted molar refractivity (Wildman–Crippen MR) is 81.6 cm³/mol. The standard InChI is InChI=1S/C18H24N.BrH/c1-3-19(4-2,15-17-11-7-5-8-12-17)16-18-13-9-6-10-14-18;/h5-14H,3-4,15-16H2,1-2H3;1H/q+1;/p-1. The first kappa shape index (κ1) is 16.9. The Morgan fingerprint density at radius 1 is 0.650 bits per heavy atom. The van der Waals surface area contributed by atoms with Gasteiger partial charge in [-0.2, -0.15) is 0 Å². The van der Waals surface area contributed by atoms with Gasteiger partial charge in [-0.15, -0.1) is 0 Å². The summed E-state index contributed by atoms with van der Waals surface area (Å²) in [7, 11) is 0. The Bertz CT molecular complexity index is 434. The molecule has 2 rings (SSSR count). The van der Waals surface area contributed by atoms with E-state index in [1.807, 2.05) is 0 Å². The molecule has 20 heavy (non-hydrogen) atoms. The van der Waals surface area contributed by atoms with Crippen molar-refractivity contribution in [2.75, 3.05) is 13.1 Å². The second-order valence-electron chi connectivity index (χ2n) is 5.26. The van der Waals surface area contributed by atoms with Crippen LogP contribution < -0.4 is 17.0 Å². The Morgan fingerprint density at radius 2 is 1.00 bits per heavy atom. The van der Waals surface area contributed by atoms with Gasteiger partial charge in [0.15, 0.2) is 0 Å². The molecular formula is C18H24BrN. The zero-order valence-electron chi connectivity index (χ0n) is 12.4. The highest BCUT2D eigenvalue weighted by molar-refractivity contribution is 5.15. The summed E-state index contributed by atoms with van der Waals surface area (Å²) in [5, 5.41) is 0. The van der Waals surface area contributed by atoms with Gasteiger partial charge in [-0.3, -0.25) is 0 Å². The van der Waals surface area contributed by atoms with Crippen LogP contribution in [0.3, 0.4) is 0 Å². The summed E-state index contributed by atoms with van der Waals surface area (Å²) < 4.78 is 1.12. The van der Waals surface area contributed by atoms with Crippen molar-refractivity contribution in [3.8, 4) is 0 Å². The van der Waals surface area contributed by atoms with Crippen LogP contribution in [0.25, 0.3) is 0 Å². The molecule has 108 valence electrons. The lowest BCUT2D eigenvalue weighted by Gasteiger charge is -2.37. The van der Waals surface area contributed by atoms with E-state index in [1.54, 1.807) is 0 Å². The molecule has 1 nitrogen and oxygen atoms in total. The number of benzene rings is 2. The number of hydrogen-bond donors (Lipinski definition) is 0. The lowest BCUT2D eigenvalue weighted by molar-refractivity contribution is -0.950. The maximum atomic E-state index is 2.30. The summed E-state index contributed by atoms with van der Waals surface area (Å²) in [6, 6.07) is 21.7. The molecule has 0 bridgehead atoms. The molecule has 0 amide bonds. The first-order valence-electron chi connectivity index (χ1n) is 7.21. The van der Waals surface area contributed by atoms with Crippen LogP contribution in [0.2, 0.25) is 0 Å². The molecule has 0 radical (unpaired) electrons. The van der Waals surface area contributed by atoms with Crippen molar-refractivity contribution >= 4 is 0 Å². The molecule has 2 aromatic carbocycles. The Morgan fingerprint density at radius 3 is 1.30 bits per heavy atom. The second kappa shape index (κ2) is 8.23. The van der Waals surface area contributed by atoms with E-state index < -0.39 is 0 Å². The molecule has 0 fully saturated rings. The lowest BCUT2D eigenvalue weighted by atomic mass is 10.1. The average Bonchev–Trinajstić information content (AvgIpc) is 2.48. The summed E-state index contributed by atoms with van der Waals surface area (Å²) in [4.78, 5) is 0. The normalized spacial score (nSPS) is 10.9. The quantitative estimate of drug-likeness (QED) is 0.698. The van der Waals surface area contributed by atoms with E-state index in [0.29, 0.717) is 0 Å². The van der Waals surface area contributed by atoms with Gasteiger partial charge in [-0.1, -0.05) is 60.7 Å². The van der Waals surface area contributed by atoms with E-state index in [9.17, 15) is 0 Å². The molecule has 0 heterocycles. The molecule has 0 aliphatic rings. The topological polar surface area (TPSA) is 0 Å². The molecular weight excluding hydrogens is 310 g/mol. The van der Waals surface area contributed by atoms with Crippen LogP contribution >= 0.6 is 0 Å². The minimum Gasteiger partial charge on any atom is -1.00 e. The summed E-state index contributed by atoms with van der Waals surface area (Å²) in [5.41, 5.74) is 2.87. The second-order valence-corrected chi connectivity index (χ2v) is 5.26. The van der Waals surface area contributed by atoms with Gasteiger partial charge < -0.3 is 21.5 Å². The van der Waals surface area contributed by atoms with Crippen molar-refractivity contribution in [1.82, 2.24) is 0 Å². The highest BCUT2D eigenvalue weighted by Gasteiger charge is 2.23. The number of hydrogen-bond acceptors (Lipinski definition) is 0. The Labute approximate surface area is 133 Å². The molecule has 0 aliphatic carbocycles. The van der Waals surface area contributed by atoms with Crippen LogP contribution in [0.15, 0.2) is 60.7 Å². The zero-order chi connectivity index (χ0) is 13.6. The monoisotopic (exact) mass is 333 g/mol. The zero-order valence-corrected chi connectivity index (χ0v) is 14.0. The SMILES string of the molecule is CC[N+](CC)(Cc1ccccc1)Cc1ccccc1.[Br-]. The van der Waals surface area contributed by atoms with Crippen LogP contribution in [-0.2, 0) is 13.1 Å². The van der Waals surface area contributed by atoms with E-state index in [4.69, 9.17) is 0 Å². The Kier molecular flexibility index (Phi) is 6.97. The number of quaternary nitrogens is 1. The largest absolute Gasteiger partial charge is 1.00 e. The van der Waals surface area contributed by atoms with E-state index in [-0.39, 0.29) is 17.0 Å². The fourth-order valence-electron chi connectivity index (χ4n) is 2.67. The molecule has 0 spiro atoms. The van der Waals surface area contributed by atoms with E-state index in [2.05, 4.69) is 74.5 Å². The third-order valence-corrected chi connectivity index (χ3v) is 4.06. The molecule has 0 aromatic heterocycles. The fourth-order valence-corrected chi connectivity index (χ4v) is 2.67. The highest BCUT2D eigenvalue weighted by atomic mass is 79.9. The summed E-state index contributed by atoms with van der Waals surface area (Å²) in [5.74, 6) is 0. The minimum atomic E-state index is 0. The van der Waals surface area contributed by atoms with Gasteiger partial charge >= 0.3 is 0 Å². The molecule has 0 N–H and O–H groups in total. The van der Waals surface area contributed by atoms with Crippen molar-refractivity contribution in [2.45, 2.75) is 26.9 Å².